The number of nitrogens with zero attached hydrogens (tertiary/aromatic N) is 2. The SMILES string of the molecule is CN(c1ccc(S(N)(=O)=O)cc1)c1nc(-c2ccc(O)c(C(=O)O)c2)cs1. The molecule has 0 saturated heterocycles. The highest BCUT2D eigenvalue weighted by atomic mass is 32.2. The lowest BCUT2D eigenvalue weighted by atomic mass is 10.1. The number of carboxylic acid groups (broad SMARTS) is 1. The van der Waals surface area contributed by atoms with Gasteiger partial charge in [-0.05, 0) is 42.5 Å². The Balaban J connectivity index is 1.89. The van der Waals surface area contributed by atoms with Crippen molar-refractivity contribution in [3.63, 3.8) is 0 Å². The second-order valence-corrected chi connectivity index (χ2v) is 8.05. The van der Waals surface area contributed by atoms with Gasteiger partial charge in [0.1, 0.15) is 11.3 Å². The van der Waals surface area contributed by atoms with Gasteiger partial charge >= 0.3 is 5.97 Å². The molecule has 27 heavy (non-hydrogen) atoms. The molecule has 10 heteroatoms. The highest BCUT2D eigenvalue weighted by molar-refractivity contribution is 7.89. The molecule has 0 fully saturated rings. The topological polar surface area (TPSA) is 134 Å². The molecule has 0 radical (unpaired) electrons. The van der Waals surface area contributed by atoms with E-state index in [0.29, 0.717) is 22.1 Å². The fourth-order valence-corrected chi connectivity index (χ4v) is 3.72. The van der Waals surface area contributed by atoms with E-state index in [9.17, 15) is 18.3 Å². The molecular weight excluding hydrogens is 390 g/mol. The van der Waals surface area contributed by atoms with Gasteiger partial charge in [0.2, 0.25) is 10.0 Å². The van der Waals surface area contributed by atoms with Crippen LogP contribution in [0.3, 0.4) is 0 Å². The summed E-state index contributed by atoms with van der Waals surface area (Å²) in [5.74, 6) is -1.54. The lowest BCUT2D eigenvalue weighted by Crippen LogP contribution is -2.13. The predicted octanol–water partition coefficient (Wildman–Crippen LogP) is 2.63. The van der Waals surface area contributed by atoms with Crippen molar-refractivity contribution < 1.29 is 23.4 Å². The lowest BCUT2D eigenvalue weighted by Gasteiger charge is -2.16. The first kappa shape index (κ1) is 18.8. The number of phenols is 1. The van der Waals surface area contributed by atoms with Gasteiger partial charge in [0.15, 0.2) is 5.13 Å². The summed E-state index contributed by atoms with van der Waals surface area (Å²) in [7, 11) is -1.98. The summed E-state index contributed by atoms with van der Waals surface area (Å²) in [5, 5.41) is 26.2. The minimum atomic E-state index is -3.76. The largest absolute Gasteiger partial charge is 0.507 e. The maximum atomic E-state index is 11.3. The molecule has 0 atom stereocenters. The molecule has 0 aliphatic rings. The number of carboxylic acids is 1. The molecule has 1 aromatic heterocycles. The Hall–Kier alpha value is -2.95. The summed E-state index contributed by atoms with van der Waals surface area (Å²) in [6, 6.07) is 10.3. The molecule has 3 rings (SSSR count). The fraction of sp³-hybridized carbons (Fsp3) is 0.0588. The second-order valence-electron chi connectivity index (χ2n) is 5.65. The molecule has 0 amide bonds. The number of primary sulfonamides is 1. The van der Waals surface area contributed by atoms with Gasteiger partial charge in [-0.15, -0.1) is 11.3 Å². The number of thiazole rings is 1. The molecule has 8 nitrogen and oxygen atoms in total. The number of rotatable bonds is 5. The predicted molar refractivity (Wildman–Crippen MR) is 102 cm³/mol. The number of aromatic nitrogens is 1. The normalized spacial score (nSPS) is 11.3. The van der Waals surface area contributed by atoms with Crippen LogP contribution < -0.4 is 10.0 Å². The number of anilines is 2. The zero-order chi connectivity index (χ0) is 19.8. The Morgan fingerprint density at radius 2 is 1.85 bits per heavy atom. The van der Waals surface area contributed by atoms with Crippen LogP contribution in [-0.4, -0.2) is 36.6 Å². The van der Waals surface area contributed by atoms with Crippen LogP contribution in [0.15, 0.2) is 52.7 Å². The maximum absolute atomic E-state index is 11.3. The minimum absolute atomic E-state index is 0.0183. The number of hydrogen-bond donors (Lipinski definition) is 3. The number of hydrogen-bond acceptors (Lipinski definition) is 7. The van der Waals surface area contributed by atoms with Gasteiger partial charge in [0.25, 0.3) is 0 Å². The van der Waals surface area contributed by atoms with E-state index in [-0.39, 0.29) is 16.2 Å². The number of aromatic carboxylic acids is 1. The monoisotopic (exact) mass is 405 g/mol. The van der Waals surface area contributed by atoms with Crippen LogP contribution in [0.5, 0.6) is 5.75 Å². The van der Waals surface area contributed by atoms with Gasteiger partial charge in [0, 0.05) is 23.7 Å². The molecule has 1 heterocycles. The van der Waals surface area contributed by atoms with Crippen LogP contribution in [0, 0.1) is 0 Å². The zero-order valence-corrected chi connectivity index (χ0v) is 15.7. The van der Waals surface area contributed by atoms with Crippen molar-refractivity contribution in [1.82, 2.24) is 4.98 Å². The summed E-state index contributed by atoms with van der Waals surface area (Å²) < 4.78 is 22.7. The Kier molecular flexibility index (Phi) is 4.87. The van der Waals surface area contributed by atoms with Crippen molar-refractivity contribution in [2.24, 2.45) is 5.14 Å². The molecule has 0 spiro atoms. The summed E-state index contributed by atoms with van der Waals surface area (Å²) in [5.41, 5.74) is 1.63. The molecule has 3 aromatic rings. The summed E-state index contributed by atoms with van der Waals surface area (Å²) in [6.45, 7) is 0. The van der Waals surface area contributed by atoms with E-state index >= 15 is 0 Å². The number of aromatic hydroxyl groups is 1. The standard InChI is InChI=1S/C17H15N3O5S2/c1-20(11-3-5-12(6-4-11)27(18,24)25)17-19-14(9-26-17)10-2-7-15(21)13(8-10)16(22)23/h2-9,21H,1H3,(H,22,23)(H2,18,24,25). The summed E-state index contributed by atoms with van der Waals surface area (Å²) >= 11 is 1.34. The van der Waals surface area contributed by atoms with E-state index in [1.807, 2.05) is 0 Å². The van der Waals surface area contributed by atoms with Crippen molar-refractivity contribution in [3.05, 3.63) is 53.4 Å². The first-order chi connectivity index (χ1) is 12.7. The number of sulfonamides is 1. The van der Waals surface area contributed by atoms with E-state index < -0.39 is 16.0 Å². The van der Waals surface area contributed by atoms with Crippen molar-refractivity contribution in [2.45, 2.75) is 4.90 Å². The number of nitrogens with two attached hydrogens (primary N) is 1. The van der Waals surface area contributed by atoms with Gasteiger partial charge in [-0.25, -0.2) is 23.3 Å². The number of benzene rings is 2. The molecule has 0 aliphatic heterocycles. The third-order valence-corrected chi connectivity index (χ3v) is 5.70. The Morgan fingerprint density at radius 1 is 1.19 bits per heavy atom. The van der Waals surface area contributed by atoms with Gasteiger partial charge in [-0.1, -0.05) is 0 Å². The van der Waals surface area contributed by atoms with Crippen molar-refractivity contribution in [1.29, 1.82) is 0 Å². The third kappa shape index (κ3) is 3.92. The van der Waals surface area contributed by atoms with E-state index in [1.54, 1.807) is 35.5 Å². The minimum Gasteiger partial charge on any atom is -0.507 e. The van der Waals surface area contributed by atoms with Gasteiger partial charge in [-0.2, -0.15) is 0 Å². The molecule has 0 bridgehead atoms. The first-order valence-electron chi connectivity index (χ1n) is 7.55. The van der Waals surface area contributed by atoms with Crippen molar-refractivity contribution in [3.8, 4) is 17.0 Å². The highest BCUT2D eigenvalue weighted by Crippen LogP contribution is 2.32. The van der Waals surface area contributed by atoms with E-state index in [2.05, 4.69) is 4.98 Å². The van der Waals surface area contributed by atoms with Crippen LogP contribution in [0.1, 0.15) is 10.4 Å². The molecule has 4 N–H and O–H groups in total. The van der Waals surface area contributed by atoms with Crippen molar-refractivity contribution >= 4 is 38.1 Å². The third-order valence-electron chi connectivity index (χ3n) is 3.85. The van der Waals surface area contributed by atoms with E-state index in [4.69, 9.17) is 10.2 Å². The fourth-order valence-electron chi connectivity index (χ4n) is 2.39. The molecule has 2 aromatic carbocycles. The smallest absolute Gasteiger partial charge is 0.339 e. The Labute approximate surface area is 159 Å². The second kappa shape index (κ2) is 6.99. The van der Waals surface area contributed by atoms with Crippen LogP contribution in [0.25, 0.3) is 11.3 Å². The molecular formula is C17H15N3O5S2. The Bertz CT molecular complexity index is 1110. The molecule has 0 unspecified atom stereocenters. The average Bonchev–Trinajstić information content (AvgIpc) is 3.10. The highest BCUT2D eigenvalue weighted by Gasteiger charge is 2.15. The average molecular weight is 405 g/mol. The van der Waals surface area contributed by atoms with Crippen molar-refractivity contribution in [2.75, 3.05) is 11.9 Å². The number of carbonyl (C=O) groups is 1. The van der Waals surface area contributed by atoms with Crippen LogP contribution >= 0.6 is 11.3 Å². The Morgan fingerprint density at radius 3 is 2.44 bits per heavy atom. The molecule has 0 saturated carbocycles. The first-order valence-corrected chi connectivity index (χ1v) is 9.98. The van der Waals surface area contributed by atoms with Gasteiger partial charge < -0.3 is 15.1 Å². The molecule has 140 valence electrons. The summed E-state index contributed by atoms with van der Waals surface area (Å²) in [4.78, 5) is 17.4. The quantitative estimate of drug-likeness (QED) is 0.594. The van der Waals surface area contributed by atoms with E-state index in [1.165, 1.54) is 35.6 Å². The van der Waals surface area contributed by atoms with E-state index in [0.717, 1.165) is 0 Å². The summed E-state index contributed by atoms with van der Waals surface area (Å²) in [6.07, 6.45) is 0. The van der Waals surface area contributed by atoms with Crippen LogP contribution in [-0.2, 0) is 10.0 Å². The van der Waals surface area contributed by atoms with Gasteiger partial charge in [0.05, 0.1) is 10.6 Å². The lowest BCUT2D eigenvalue weighted by molar-refractivity contribution is 0.0693. The maximum Gasteiger partial charge on any atom is 0.339 e. The van der Waals surface area contributed by atoms with Gasteiger partial charge in [-0.3, -0.25) is 0 Å². The van der Waals surface area contributed by atoms with Crippen LogP contribution in [0.4, 0.5) is 10.8 Å². The zero-order valence-electron chi connectivity index (χ0n) is 14.0. The van der Waals surface area contributed by atoms with Crippen LogP contribution in [0.2, 0.25) is 0 Å². The molecule has 0 aliphatic carbocycles.